The normalized spacial score (nSPS) is 10.8. The number of unbranched alkanes of at least 4 members (excludes halogenated alkanes) is 3. The number of anilines is 5. The molecular formula is C38H47N7O6. The minimum Gasteiger partial charge on any atom is -0.508 e. The second kappa shape index (κ2) is 21.6. The van der Waals surface area contributed by atoms with E-state index in [1.165, 1.54) is 0 Å². The van der Waals surface area contributed by atoms with Crippen LogP contribution in [0.25, 0.3) is 0 Å². The topological polar surface area (TPSA) is 177 Å². The molecular weight excluding hydrogens is 650 g/mol. The van der Waals surface area contributed by atoms with Crippen LogP contribution in [0, 0.1) is 0 Å². The number of nitrogens with one attached hydrogen (secondary N) is 4. The van der Waals surface area contributed by atoms with Gasteiger partial charge in [-0.1, -0.05) is 43.2 Å². The second-order valence-corrected chi connectivity index (χ2v) is 11.8. The summed E-state index contributed by atoms with van der Waals surface area (Å²) in [6.07, 6.45) is 5.39. The van der Waals surface area contributed by atoms with Crippen LogP contribution in [0.3, 0.4) is 0 Å². The third-order valence-corrected chi connectivity index (χ3v) is 7.59. The number of ether oxygens (including phenoxy) is 2. The molecule has 3 aromatic carbocycles. The van der Waals surface area contributed by atoms with E-state index in [1.54, 1.807) is 55.5 Å². The van der Waals surface area contributed by atoms with Crippen LogP contribution in [-0.2, 0) is 14.3 Å². The van der Waals surface area contributed by atoms with Crippen molar-refractivity contribution in [1.29, 1.82) is 0 Å². The average molecular weight is 698 g/mol. The Kier molecular flexibility index (Phi) is 16.3. The van der Waals surface area contributed by atoms with Gasteiger partial charge < -0.3 is 40.6 Å². The van der Waals surface area contributed by atoms with Gasteiger partial charge in [0.1, 0.15) is 11.5 Å². The van der Waals surface area contributed by atoms with E-state index in [0.29, 0.717) is 81.7 Å². The van der Waals surface area contributed by atoms with Crippen molar-refractivity contribution in [2.75, 3.05) is 55.5 Å². The molecule has 0 saturated carbocycles. The van der Waals surface area contributed by atoms with E-state index in [1.807, 2.05) is 30.3 Å². The summed E-state index contributed by atoms with van der Waals surface area (Å²) in [4.78, 5) is 49.3. The fourth-order valence-corrected chi connectivity index (χ4v) is 4.89. The van der Waals surface area contributed by atoms with Crippen LogP contribution in [0.4, 0.5) is 29.2 Å². The summed E-state index contributed by atoms with van der Waals surface area (Å²) in [6, 6.07) is 22.8. The third-order valence-electron chi connectivity index (χ3n) is 7.59. The fraction of sp³-hybridized carbons (Fsp3) is 0.368. The van der Waals surface area contributed by atoms with Crippen LogP contribution in [0.5, 0.6) is 5.75 Å². The molecule has 0 fully saturated rings. The number of benzene rings is 3. The van der Waals surface area contributed by atoms with Gasteiger partial charge in [0.2, 0.25) is 17.8 Å². The first-order valence-corrected chi connectivity index (χ1v) is 17.3. The quantitative estimate of drug-likeness (QED) is 0.0308. The van der Waals surface area contributed by atoms with Gasteiger partial charge in [-0.25, -0.2) is 0 Å². The van der Waals surface area contributed by atoms with Gasteiger partial charge in [-0.05, 0) is 74.7 Å². The Bertz CT molecular complexity index is 1650. The molecule has 0 saturated heterocycles. The number of aromatic nitrogens is 3. The smallest absolute Gasteiger partial charge is 0.251 e. The fourth-order valence-electron chi connectivity index (χ4n) is 4.89. The molecule has 0 bridgehead atoms. The molecule has 0 spiro atoms. The summed E-state index contributed by atoms with van der Waals surface area (Å²) in [7, 11) is 0. The van der Waals surface area contributed by atoms with Crippen molar-refractivity contribution in [1.82, 2.24) is 20.3 Å². The molecule has 1 heterocycles. The highest BCUT2D eigenvalue weighted by Gasteiger charge is 2.10. The summed E-state index contributed by atoms with van der Waals surface area (Å²) in [6.45, 7) is 4.30. The van der Waals surface area contributed by atoms with Gasteiger partial charge in [0, 0.05) is 55.0 Å². The van der Waals surface area contributed by atoms with E-state index >= 15 is 0 Å². The van der Waals surface area contributed by atoms with Gasteiger partial charge in [0.15, 0.2) is 5.78 Å². The van der Waals surface area contributed by atoms with E-state index in [2.05, 4.69) is 36.2 Å². The zero-order valence-electron chi connectivity index (χ0n) is 29.0. The number of phenols is 1. The van der Waals surface area contributed by atoms with Crippen molar-refractivity contribution in [3.8, 4) is 5.75 Å². The first kappa shape index (κ1) is 38.4. The molecule has 270 valence electrons. The zero-order chi connectivity index (χ0) is 36.1. The maximum absolute atomic E-state index is 12.6. The molecule has 0 aliphatic carbocycles. The lowest BCUT2D eigenvalue weighted by Gasteiger charge is -2.12. The lowest BCUT2D eigenvalue weighted by atomic mass is 10.1. The summed E-state index contributed by atoms with van der Waals surface area (Å²) < 4.78 is 11.3. The van der Waals surface area contributed by atoms with Crippen molar-refractivity contribution in [2.24, 2.45) is 0 Å². The van der Waals surface area contributed by atoms with Crippen molar-refractivity contribution < 1.29 is 29.0 Å². The molecule has 0 aliphatic heterocycles. The van der Waals surface area contributed by atoms with Crippen LogP contribution in [-0.4, -0.2) is 77.0 Å². The molecule has 1 aromatic heterocycles. The number of carbonyl (C=O) groups is 3. The van der Waals surface area contributed by atoms with Crippen molar-refractivity contribution in [3.63, 3.8) is 0 Å². The average Bonchev–Trinajstić information content (AvgIpc) is 3.13. The first-order chi connectivity index (χ1) is 24.9. The Balaban J connectivity index is 1.22. The molecule has 13 heteroatoms. The van der Waals surface area contributed by atoms with Crippen molar-refractivity contribution >= 4 is 46.7 Å². The number of amides is 1. The largest absolute Gasteiger partial charge is 0.508 e. The molecule has 5 N–H and O–H groups in total. The Morgan fingerprint density at radius 2 is 1.22 bits per heavy atom. The highest BCUT2D eigenvalue weighted by molar-refractivity contribution is 5.96. The summed E-state index contributed by atoms with van der Waals surface area (Å²) in [5, 5.41) is 22.0. The van der Waals surface area contributed by atoms with Crippen molar-refractivity contribution in [3.05, 3.63) is 90.0 Å². The van der Waals surface area contributed by atoms with Gasteiger partial charge in [-0.15, -0.1) is 0 Å². The van der Waals surface area contributed by atoms with E-state index in [9.17, 15) is 19.5 Å². The Labute approximate surface area is 298 Å². The molecule has 1 amide bonds. The highest BCUT2D eigenvalue weighted by atomic mass is 16.5. The number of carbonyl (C=O) groups excluding carboxylic acids is 3. The minimum absolute atomic E-state index is 0.110. The predicted molar refractivity (Wildman–Crippen MR) is 197 cm³/mol. The zero-order valence-corrected chi connectivity index (χ0v) is 29.0. The van der Waals surface area contributed by atoms with Crippen LogP contribution in [0.1, 0.15) is 72.6 Å². The summed E-state index contributed by atoms with van der Waals surface area (Å²) in [5.41, 5.74) is 2.61. The Hall–Kier alpha value is -5.40. The molecule has 0 aliphatic rings. The Morgan fingerprint density at radius 3 is 1.88 bits per heavy atom. The van der Waals surface area contributed by atoms with Crippen LogP contribution >= 0.6 is 0 Å². The SMILES string of the molecule is CC(=O)CCCCCCNC(=O)c1ccc(Nc2nc(NCCOCCOCCCC(=O)c3ccccc3)nc(Nc3ccc(O)cc3)n2)cc1. The van der Waals surface area contributed by atoms with Crippen molar-refractivity contribution in [2.45, 2.75) is 51.9 Å². The standard InChI is InChI=1S/C38H47N7O6/c1-28(46)10-5-2-3-8-22-39-35(49)30-14-16-31(17-15-30)41-37-43-36(44-38(45-37)42-32-18-20-33(47)21-19-32)40-23-25-51-27-26-50-24-9-13-34(48)29-11-6-4-7-12-29/h4,6-7,11-12,14-21,47H,2-3,5,8-10,13,22-27H2,1H3,(H,39,49)(H3,40,41,42,43,44,45). The maximum Gasteiger partial charge on any atom is 0.251 e. The Morgan fingerprint density at radius 1 is 0.608 bits per heavy atom. The van der Waals surface area contributed by atoms with E-state index < -0.39 is 0 Å². The predicted octanol–water partition coefficient (Wildman–Crippen LogP) is 6.44. The molecule has 4 rings (SSSR count). The summed E-state index contributed by atoms with van der Waals surface area (Å²) in [5.74, 6) is 1.17. The number of aromatic hydroxyl groups is 1. The van der Waals surface area contributed by atoms with Gasteiger partial charge >= 0.3 is 0 Å². The number of phenolic OH excluding ortho intramolecular Hbond substituents is 1. The minimum atomic E-state index is -0.151. The molecule has 0 radical (unpaired) electrons. The van der Waals surface area contributed by atoms with Crippen LogP contribution in [0.2, 0.25) is 0 Å². The number of Topliss-reactive ketones (excluding diaryl/α,β-unsaturated/α-hetero) is 2. The number of hydrogen-bond donors (Lipinski definition) is 5. The van der Waals surface area contributed by atoms with E-state index in [4.69, 9.17) is 9.47 Å². The third kappa shape index (κ3) is 14.9. The molecule has 13 nitrogen and oxygen atoms in total. The van der Waals surface area contributed by atoms with Gasteiger partial charge in [-0.2, -0.15) is 15.0 Å². The van der Waals surface area contributed by atoms with Gasteiger partial charge in [-0.3, -0.25) is 9.59 Å². The number of nitrogens with zero attached hydrogens (tertiary/aromatic N) is 3. The number of ketones is 2. The van der Waals surface area contributed by atoms with Crippen LogP contribution < -0.4 is 21.3 Å². The highest BCUT2D eigenvalue weighted by Crippen LogP contribution is 2.21. The van der Waals surface area contributed by atoms with E-state index in [-0.39, 0.29) is 35.1 Å². The number of hydrogen-bond acceptors (Lipinski definition) is 12. The molecule has 51 heavy (non-hydrogen) atoms. The molecule has 4 aromatic rings. The number of rotatable bonds is 24. The second-order valence-electron chi connectivity index (χ2n) is 11.8. The first-order valence-electron chi connectivity index (χ1n) is 17.3. The van der Waals surface area contributed by atoms with Crippen LogP contribution in [0.15, 0.2) is 78.9 Å². The maximum atomic E-state index is 12.6. The monoisotopic (exact) mass is 697 g/mol. The van der Waals surface area contributed by atoms with E-state index in [0.717, 1.165) is 31.2 Å². The van der Waals surface area contributed by atoms with Gasteiger partial charge in [0.05, 0.1) is 19.8 Å². The molecule has 0 atom stereocenters. The lowest BCUT2D eigenvalue weighted by molar-refractivity contribution is -0.117. The summed E-state index contributed by atoms with van der Waals surface area (Å²) >= 11 is 0. The molecule has 0 unspecified atom stereocenters. The lowest BCUT2D eigenvalue weighted by Crippen LogP contribution is -2.24. The van der Waals surface area contributed by atoms with Gasteiger partial charge in [0.25, 0.3) is 5.91 Å².